The number of anilines is 3. The fourth-order valence-corrected chi connectivity index (χ4v) is 3.38. The van der Waals surface area contributed by atoms with Gasteiger partial charge < -0.3 is 21.3 Å². The van der Waals surface area contributed by atoms with Gasteiger partial charge in [0.1, 0.15) is 5.71 Å². The van der Waals surface area contributed by atoms with Crippen LogP contribution >= 0.6 is 11.6 Å². The third-order valence-electron chi connectivity index (χ3n) is 5.04. The van der Waals surface area contributed by atoms with E-state index >= 15 is 0 Å². The molecule has 2 aromatic carbocycles. The SMILES string of the molecule is C=C(C(=O)Nc1ccc(N2CCCN(C)C2=O)cc1)/C(=N\C=C/N)C(=O)Nc1ccc(Cl)cc1. The molecule has 0 saturated carbocycles. The first kappa shape index (κ1) is 24.5. The summed E-state index contributed by atoms with van der Waals surface area (Å²) in [5.74, 6) is -1.25. The number of hydrogen-bond donors (Lipinski definition) is 3. The Kier molecular flexibility index (Phi) is 8.05. The summed E-state index contributed by atoms with van der Waals surface area (Å²) < 4.78 is 0. The Morgan fingerprint density at radius 2 is 1.62 bits per heavy atom. The third-order valence-corrected chi connectivity index (χ3v) is 5.29. The highest BCUT2D eigenvalue weighted by Crippen LogP contribution is 2.22. The Hall–Kier alpha value is -4.11. The number of nitrogens with one attached hydrogen (secondary N) is 2. The molecule has 9 nitrogen and oxygen atoms in total. The maximum atomic E-state index is 12.8. The van der Waals surface area contributed by atoms with Crippen LogP contribution in [0.4, 0.5) is 21.9 Å². The first-order chi connectivity index (χ1) is 16.3. The van der Waals surface area contributed by atoms with Crippen LogP contribution in [0.2, 0.25) is 5.02 Å². The number of benzene rings is 2. The highest BCUT2D eigenvalue weighted by atomic mass is 35.5. The first-order valence-electron chi connectivity index (χ1n) is 10.4. The van der Waals surface area contributed by atoms with Crippen molar-refractivity contribution in [2.24, 2.45) is 10.7 Å². The quantitative estimate of drug-likeness (QED) is 0.414. The lowest BCUT2D eigenvalue weighted by atomic mass is 10.1. The minimum absolute atomic E-state index is 0.0723. The average Bonchev–Trinajstić information content (AvgIpc) is 2.83. The van der Waals surface area contributed by atoms with Gasteiger partial charge in [-0.2, -0.15) is 0 Å². The minimum atomic E-state index is -0.636. The second-order valence-electron chi connectivity index (χ2n) is 7.47. The molecule has 4 amide bonds. The number of carbonyl (C=O) groups is 3. The number of hydrogen-bond acceptors (Lipinski definition) is 5. The van der Waals surface area contributed by atoms with Crippen LogP contribution in [0.15, 0.2) is 78.1 Å². The lowest BCUT2D eigenvalue weighted by Gasteiger charge is -2.33. The highest BCUT2D eigenvalue weighted by molar-refractivity contribution is 6.54. The van der Waals surface area contributed by atoms with Gasteiger partial charge in [0.25, 0.3) is 11.8 Å². The predicted molar refractivity (Wildman–Crippen MR) is 135 cm³/mol. The molecule has 0 spiro atoms. The van der Waals surface area contributed by atoms with Crippen molar-refractivity contribution in [1.29, 1.82) is 0 Å². The number of amides is 4. The Bertz CT molecular complexity index is 1140. The zero-order valence-electron chi connectivity index (χ0n) is 18.6. The Morgan fingerprint density at radius 3 is 2.24 bits per heavy atom. The van der Waals surface area contributed by atoms with Gasteiger partial charge in [-0.3, -0.25) is 14.5 Å². The fourth-order valence-electron chi connectivity index (χ4n) is 3.26. The van der Waals surface area contributed by atoms with E-state index in [1.165, 1.54) is 6.20 Å². The standard InChI is InChI=1S/C24H25ClN6O3/c1-16(21(27-13-12-26)23(33)29-18-6-4-17(25)5-7-18)22(32)28-19-8-10-20(11-9-19)31-15-3-14-30(2)24(31)34/h4-13H,1,3,14-15,26H2,2H3,(H,28,32)(H,29,33)/b13-12-,27-21+. The monoisotopic (exact) mass is 480 g/mol. The molecule has 2 aromatic rings. The normalized spacial score (nSPS) is 14.3. The van der Waals surface area contributed by atoms with Gasteiger partial charge in [-0.15, -0.1) is 0 Å². The van der Waals surface area contributed by atoms with Crippen LogP contribution in [-0.2, 0) is 9.59 Å². The van der Waals surface area contributed by atoms with Gasteiger partial charge in [0.2, 0.25) is 0 Å². The number of halogens is 1. The van der Waals surface area contributed by atoms with Gasteiger partial charge >= 0.3 is 6.03 Å². The Labute approximate surface area is 202 Å². The molecule has 0 radical (unpaired) electrons. The van der Waals surface area contributed by atoms with Crippen molar-refractivity contribution >= 4 is 52.2 Å². The van der Waals surface area contributed by atoms with E-state index in [1.54, 1.807) is 65.4 Å². The lowest BCUT2D eigenvalue weighted by molar-refractivity contribution is -0.113. The van der Waals surface area contributed by atoms with Crippen molar-refractivity contribution in [3.63, 3.8) is 0 Å². The number of nitrogens with two attached hydrogens (primary N) is 1. The molecule has 0 atom stereocenters. The third kappa shape index (κ3) is 6.02. The smallest absolute Gasteiger partial charge is 0.324 e. The minimum Gasteiger partial charge on any atom is -0.403 e. The zero-order valence-corrected chi connectivity index (χ0v) is 19.4. The summed E-state index contributed by atoms with van der Waals surface area (Å²) in [6.07, 6.45) is 3.20. The molecular formula is C24H25ClN6O3. The first-order valence-corrected chi connectivity index (χ1v) is 10.8. The maximum absolute atomic E-state index is 12.8. The van der Waals surface area contributed by atoms with E-state index in [4.69, 9.17) is 17.3 Å². The van der Waals surface area contributed by atoms with Crippen molar-refractivity contribution < 1.29 is 14.4 Å². The van der Waals surface area contributed by atoms with E-state index in [1.807, 2.05) is 0 Å². The van der Waals surface area contributed by atoms with E-state index in [0.717, 1.165) is 24.9 Å². The van der Waals surface area contributed by atoms with Crippen LogP contribution in [-0.4, -0.2) is 48.6 Å². The largest absolute Gasteiger partial charge is 0.403 e. The number of nitrogens with zero attached hydrogens (tertiary/aromatic N) is 3. The van der Waals surface area contributed by atoms with E-state index < -0.39 is 11.8 Å². The van der Waals surface area contributed by atoms with Gasteiger partial charge in [-0.1, -0.05) is 18.2 Å². The van der Waals surface area contributed by atoms with E-state index in [2.05, 4.69) is 22.2 Å². The molecule has 0 aromatic heterocycles. The molecule has 4 N–H and O–H groups in total. The number of rotatable bonds is 7. The van der Waals surface area contributed by atoms with Crippen LogP contribution in [0.5, 0.6) is 0 Å². The second-order valence-corrected chi connectivity index (χ2v) is 7.91. The zero-order chi connectivity index (χ0) is 24.7. The van der Waals surface area contributed by atoms with Gasteiger partial charge in [-0.05, 0) is 55.0 Å². The Balaban J connectivity index is 1.70. The molecule has 1 saturated heterocycles. The number of urea groups is 1. The van der Waals surface area contributed by atoms with Crippen LogP contribution in [0.25, 0.3) is 0 Å². The molecule has 10 heteroatoms. The summed E-state index contributed by atoms with van der Waals surface area (Å²) in [6.45, 7) is 5.08. The van der Waals surface area contributed by atoms with Crippen LogP contribution in [0.1, 0.15) is 6.42 Å². The van der Waals surface area contributed by atoms with Crippen LogP contribution in [0.3, 0.4) is 0 Å². The van der Waals surface area contributed by atoms with E-state index in [9.17, 15) is 14.4 Å². The summed E-state index contributed by atoms with van der Waals surface area (Å²) in [4.78, 5) is 45.2. The van der Waals surface area contributed by atoms with Gasteiger partial charge in [0, 0.05) is 54.6 Å². The molecular weight excluding hydrogens is 456 g/mol. The predicted octanol–water partition coefficient (Wildman–Crippen LogP) is 3.61. The van der Waals surface area contributed by atoms with Crippen molar-refractivity contribution in [2.45, 2.75) is 6.42 Å². The van der Waals surface area contributed by atoms with Crippen molar-refractivity contribution in [2.75, 3.05) is 35.7 Å². The number of carbonyl (C=O) groups excluding carboxylic acids is 3. The van der Waals surface area contributed by atoms with Crippen LogP contribution < -0.4 is 21.3 Å². The summed E-state index contributed by atoms with van der Waals surface area (Å²) in [5, 5.41) is 5.85. The number of aliphatic imine (C=N–C) groups is 1. The van der Waals surface area contributed by atoms with Crippen molar-refractivity contribution in [3.8, 4) is 0 Å². The molecule has 34 heavy (non-hydrogen) atoms. The molecule has 1 heterocycles. The summed E-state index contributed by atoms with van der Waals surface area (Å²) in [7, 11) is 1.76. The molecule has 1 aliphatic rings. The molecule has 0 bridgehead atoms. The van der Waals surface area contributed by atoms with E-state index in [-0.39, 0.29) is 17.3 Å². The van der Waals surface area contributed by atoms with Gasteiger partial charge in [0.15, 0.2) is 0 Å². The fraction of sp³-hybridized carbons (Fsp3) is 0.167. The molecule has 0 unspecified atom stereocenters. The summed E-state index contributed by atoms with van der Waals surface area (Å²) in [6, 6.07) is 13.2. The van der Waals surface area contributed by atoms with Gasteiger partial charge in [-0.25, -0.2) is 9.79 Å². The summed E-state index contributed by atoms with van der Waals surface area (Å²) in [5.41, 5.74) is 6.66. The molecule has 1 fully saturated rings. The summed E-state index contributed by atoms with van der Waals surface area (Å²) >= 11 is 5.87. The highest BCUT2D eigenvalue weighted by Gasteiger charge is 2.24. The van der Waals surface area contributed by atoms with Crippen molar-refractivity contribution in [1.82, 2.24) is 4.90 Å². The molecule has 3 rings (SSSR count). The molecule has 1 aliphatic heterocycles. The van der Waals surface area contributed by atoms with E-state index in [0.29, 0.717) is 22.9 Å². The second kappa shape index (κ2) is 11.2. The molecule has 0 aliphatic carbocycles. The lowest BCUT2D eigenvalue weighted by Crippen LogP contribution is -2.47. The average molecular weight is 481 g/mol. The van der Waals surface area contributed by atoms with Crippen LogP contribution in [0, 0.1) is 0 Å². The maximum Gasteiger partial charge on any atom is 0.324 e. The molecule has 176 valence electrons. The Morgan fingerprint density at radius 1 is 1.03 bits per heavy atom. The van der Waals surface area contributed by atoms with Gasteiger partial charge in [0.05, 0.1) is 5.57 Å². The topological polar surface area (TPSA) is 120 Å². The van der Waals surface area contributed by atoms with Crippen molar-refractivity contribution in [3.05, 3.63) is 78.1 Å².